The second-order valence-electron chi connectivity index (χ2n) is 3.96. The quantitative estimate of drug-likeness (QED) is 0.777. The Hall–Kier alpha value is -1.75. The maximum Gasteiger partial charge on any atom is 0.214 e. The zero-order chi connectivity index (χ0) is 11.7. The van der Waals surface area contributed by atoms with Crippen LogP contribution in [0.25, 0.3) is 0 Å². The molecule has 0 saturated heterocycles. The van der Waals surface area contributed by atoms with E-state index in [0.717, 1.165) is 18.6 Å². The highest BCUT2D eigenvalue weighted by atomic mass is 32.1. The molecular weight excluding hydrogens is 236 g/mol. The Morgan fingerprint density at radius 3 is 3.00 bits per heavy atom. The van der Waals surface area contributed by atoms with Gasteiger partial charge in [0.25, 0.3) is 0 Å². The van der Waals surface area contributed by atoms with Crippen LogP contribution in [-0.4, -0.2) is 21.5 Å². The fraction of sp³-hybridized carbons (Fsp3) is 0.250. The van der Waals surface area contributed by atoms with E-state index in [4.69, 9.17) is 4.74 Å². The van der Waals surface area contributed by atoms with Crippen molar-refractivity contribution in [2.45, 2.75) is 18.9 Å². The minimum Gasteiger partial charge on any atom is -0.490 e. The van der Waals surface area contributed by atoms with Crippen LogP contribution >= 0.6 is 11.5 Å². The Morgan fingerprint density at radius 2 is 2.29 bits per heavy atom. The molecule has 1 aromatic heterocycles. The van der Waals surface area contributed by atoms with Crippen LogP contribution in [-0.2, 0) is 0 Å². The first-order valence-electron chi connectivity index (χ1n) is 5.41. The number of hydrogen-bond acceptors (Lipinski definition) is 5. The van der Waals surface area contributed by atoms with Crippen LogP contribution in [0.15, 0.2) is 29.6 Å². The summed E-state index contributed by atoms with van der Waals surface area (Å²) in [6.07, 6.45) is 2.55. The second kappa shape index (κ2) is 4.25. The van der Waals surface area contributed by atoms with Gasteiger partial charge in [-0.3, -0.25) is 4.79 Å². The van der Waals surface area contributed by atoms with Gasteiger partial charge in [-0.05, 0) is 36.5 Å². The van der Waals surface area contributed by atoms with Gasteiger partial charge in [-0.2, -0.15) is 0 Å². The summed E-state index contributed by atoms with van der Waals surface area (Å²) in [5, 5.41) is 5.42. The van der Waals surface area contributed by atoms with Crippen molar-refractivity contribution in [3.8, 4) is 5.75 Å². The van der Waals surface area contributed by atoms with Gasteiger partial charge in [0.1, 0.15) is 11.4 Å². The molecule has 1 saturated carbocycles. The van der Waals surface area contributed by atoms with Gasteiger partial charge in [0.05, 0.1) is 6.10 Å². The molecule has 0 unspecified atom stereocenters. The van der Waals surface area contributed by atoms with E-state index in [-0.39, 0.29) is 5.78 Å². The van der Waals surface area contributed by atoms with Crippen molar-refractivity contribution < 1.29 is 9.53 Å². The minimum atomic E-state index is -0.111. The zero-order valence-electron chi connectivity index (χ0n) is 9.00. The van der Waals surface area contributed by atoms with E-state index < -0.39 is 0 Å². The summed E-state index contributed by atoms with van der Waals surface area (Å²) in [6, 6.07) is 7.22. The van der Waals surface area contributed by atoms with E-state index in [1.807, 2.05) is 12.1 Å². The first-order chi connectivity index (χ1) is 8.33. The lowest BCUT2D eigenvalue weighted by Crippen LogP contribution is -2.03. The van der Waals surface area contributed by atoms with Gasteiger partial charge in [0.15, 0.2) is 0 Å². The summed E-state index contributed by atoms with van der Waals surface area (Å²) in [5.74, 6) is 0.640. The molecule has 1 fully saturated rings. The molecule has 1 aromatic carbocycles. The van der Waals surface area contributed by atoms with Crippen LogP contribution in [0.5, 0.6) is 5.75 Å². The Labute approximate surface area is 102 Å². The number of ketones is 1. The highest BCUT2D eigenvalue weighted by Crippen LogP contribution is 2.27. The third-order valence-electron chi connectivity index (χ3n) is 2.52. The van der Waals surface area contributed by atoms with Crippen LogP contribution in [0.2, 0.25) is 0 Å². The van der Waals surface area contributed by atoms with Crippen molar-refractivity contribution >= 4 is 17.3 Å². The van der Waals surface area contributed by atoms with Crippen LogP contribution in [0, 0.1) is 0 Å². The lowest BCUT2D eigenvalue weighted by Gasteiger charge is -2.05. The van der Waals surface area contributed by atoms with Gasteiger partial charge in [-0.15, -0.1) is 5.10 Å². The molecule has 86 valence electrons. The van der Waals surface area contributed by atoms with Crippen molar-refractivity contribution in [2.75, 3.05) is 0 Å². The molecule has 17 heavy (non-hydrogen) atoms. The molecule has 5 heteroatoms. The summed E-state index contributed by atoms with van der Waals surface area (Å²) in [6.45, 7) is 0. The molecule has 0 bridgehead atoms. The maximum absolute atomic E-state index is 12.0. The fourth-order valence-corrected chi connectivity index (χ4v) is 1.94. The summed E-state index contributed by atoms with van der Waals surface area (Å²) in [5.41, 5.74) is 0.981. The molecule has 3 rings (SSSR count). The molecule has 0 spiro atoms. The summed E-state index contributed by atoms with van der Waals surface area (Å²) >= 11 is 1.17. The minimum absolute atomic E-state index is 0.111. The molecule has 0 radical (unpaired) electrons. The molecule has 2 aromatic rings. The van der Waals surface area contributed by atoms with E-state index in [1.54, 1.807) is 17.5 Å². The molecule has 1 heterocycles. The van der Waals surface area contributed by atoms with Crippen molar-refractivity contribution in [1.29, 1.82) is 0 Å². The van der Waals surface area contributed by atoms with E-state index >= 15 is 0 Å². The summed E-state index contributed by atoms with van der Waals surface area (Å²) in [4.78, 5) is 12.0. The van der Waals surface area contributed by atoms with Crippen LogP contribution < -0.4 is 4.74 Å². The number of carbonyl (C=O) groups excluding carboxylic acids is 1. The number of aromatic nitrogens is 2. The lowest BCUT2D eigenvalue weighted by atomic mass is 10.1. The number of benzene rings is 1. The van der Waals surface area contributed by atoms with Crippen LogP contribution in [0.3, 0.4) is 0 Å². The largest absolute Gasteiger partial charge is 0.490 e. The van der Waals surface area contributed by atoms with E-state index in [1.165, 1.54) is 11.5 Å². The SMILES string of the molecule is O=C(c1cccc(OC2CC2)c1)c1csnn1. The number of ether oxygens (including phenoxy) is 1. The number of carbonyl (C=O) groups is 1. The third kappa shape index (κ3) is 2.34. The smallest absolute Gasteiger partial charge is 0.214 e. The summed E-state index contributed by atoms with van der Waals surface area (Å²) < 4.78 is 9.34. The monoisotopic (exact) mass is 246 g/mol. The van der Waals surface area contributed by atoms with Gasteiger partial charge in [0.2, 0.25) is 5.78 Å². The van der Waals surface area contributed by atoms with Crippen molar-refractivity contribution in [2.24, 2.45) is 0 Å². The second-order valence-corrected chi connectivity index (χ2v) is 4.57. The van der Waals surface area contributed by atoms with Crippen molar-refractivity contribution in [1.82, 2.24) is 9.59 Å². The average molecular weight is 246 g/mol. The third-order valence-corrected chi connectivity index (χ3v) is 3.02. The molecule has 0 N–H and O–H groups in total. The standard InChI is InChI=1S/C12H10N2O2S/c15-12(11-7-17-14-13-11)8-2-1-3-10(6-8)16-9-4-5-9/h1-3,6-7,9H,4-5H2. The predicted octanol–water partition coefficient (Wildman–Crippen LogP) is 2.31. The van der Waals surface area contributed by atoms with E-state index in [2.05, 4.69) is 9.59 Å². The number of nitrogens with zero attached hydrogens (tertiary/aromatic N) is 2. The molecule has 4 nitrogen and oxygen atoms in total. The first kappa shape index (κ1) is 10.4. The Balaban J connectivity index is 1.84. The molecule has 1 aliphatic carbocycles. The maximum atomic E-state index is 12.0. The number of hydrogen-bond donors (Lipinski definition) is 0. The van der Waals surface area contributed by atoms with Gasteiger partial charge in [0, 0.05) is 10.9 Å². The van der Waals surface area contributed by atoms with Crippen LogP contribution in [0.4, 0.5) is 0 Å². The Bertz CT molecular complexity index is 535. The average Bonchev–Trinajstić information content (AvgIpc) is 2.99. The zero-order valence-corrected chi connectivity index (χ0v) is 9.81. The van der Waals surface area contributed by atoms with Gasteiger partial charge >= 0.3 is 0 Å². The predicted molar refractivity (Wildman–Crippen MR) is 63.4 cm³/mol. The van der Waals surface area contributed by atoms with E-state index in [9.17, 15) is 4.79 Å². The Morgan fingerprint density at radius 1 is 1.41 bits per heavy atom. The normalized spacial score (nSPS) is 14.6. The fourth-order valence-electron chi connectivity index (χ4n) is 1.50. The van der Waals surface area contributed by atoms with Gasteiger partial charge in [-0.1, -0.05) is 16.6 Å². The van der Waals surface area contributed by atoms with Crippen molar-refractivity contribution in [3.05, 3.63) is 40.9 Å². The van der Waals surface area contributed by atoms with Gasteiger partial charge < -0.3 is 4.74 Å². The number of rotatable bonds is 4. The summed E-state index contributed by atoms with van der Waals surface area (Å²) in [7, 11) is 0. The van der Waals surface area contributed by atoms with Gasteiger partial charge in [-0.25, -0.2) is 0 Å². The van der Waals surface area contributed by atoms with E-state index in [0.29, 0.717) is 17.4 Å². The molecular formula is C12H10N2O2S. The van der Waals surface area contributed by atoms with Crippen molar-refractivity contribution in [3.63, 3.8) is 0 Å². The first-order valence-corrected chi connectivity index (χ1v) is 6.25. The topological polar surface area (TPSA) is 52.1 Å². The highest BCUT2D eigenvalue weighted by molar-refractivity contribution is 7.03. The lowest BCUT2D eigenvalue weighted by molar-refractivity contribution is 0.103. The molecule has 1 aliphatic rings. The molecule has 0 amide bonds. The molecule has 0 aliphatic heterocycles. The highest BCUT2D eigenvalue weighted by Gasteiger charge is 2.23. The van der Waals surface area contributed by atoms with Crippen LogP contribution in [0.1, 0.15) is 28.9 Å². The Kier molecular flexibility index (Phi) is 2.60. The molecule has 0 atom stereocenters.